The van der Waals surface area contributed by atoms with E-state index in [1.165, 1.54) is 16.8 Å². The molecule has 0 aliphatic heterocycles. The Hall–Kier alpha value is -3.62. The minimum Gasteiger partial charge on any atom is -0.508 e. The lowest BCUT2D eigenvalue weighted by molar-refractivity contribution is 0.0988. The topological polar surface area (TPSA) is 153 Å². The number of aromatic nitrogens is 4. The van der Waals surface area contributed by atoms with Gasteiger partial charge in [-0.15, -0.1) is 10.2 Å². The number of hydrogen-bond acceptors (Lipinski definition) is 7. The van der Waals surface area contributed by atoms with Crippen LogP contribution in [0.4, 0.5) is 5.82 Å². The summed E-state index contributed by atoms with van der Waals surface area (Å²) in [5, 5.41) is 28.2. The maximum Gasteiger partial charge on any atom is 0.287 e. The summed E-state index contributed by atoms with van der Waals surface area (Å²) in [6, 6.07) is 6.02. The number of anilines is 1. The molecule has 9 nitrogen and oxygen atoms in total. The number of phenols is 2. The monoisotopic (exact) mass is 354 g/mol. The number of primary amides is 1. The second kappa shape index (κ2) is 6.36. The smallest absolute Gasteiger partial charge is 0.287 e. The molecular formula is C17H18N6O3. The molecule has 3 aromatic rings. The van der Waals surface area contributed by atoms with Gasteiger partial charge in [-0.05, 0) is 29.7 Å². The van der Waals surface area contributed by atoms with E-state index in [1.54, 1.807) is 18.2 Å². The Morgan fingerprint density at radius 2 is 1.88 bits per heavy atom. The number of hydrogen-bond donors (Lipinski definition) is 4. The summed E-state index contributed by atoms with van der Waals surface area (Å²) < 4.78 is 1.38. The third kappa shape index (κ3) is 2.90. The molecule has 1 amide bonds. The zero-order chi connectivity index (χ0) is 19.0. The van der Waals surface area contributed by atoms with Crippen LogP contribution in [0.2, 0.25) is 0 Å². The predicted molar refractivity (Wildman–Crippen MR) is 94.9 cm³/mol. The number of nitrogens with two attached hydrogens (primary N) is 2. The molecule has 6 N–H and O–H groups in total. The highest BCUT2D eigenvalue weighted by Gasteiger charge is 2.23. The first kappa shape index (κ1) is 17.2. The first-order valence-electron chi connectivity index (χ1n) is 7.83. The van der Waals surface area contributed by atoms with Crippen molar-refractivity contribution >= 4 is 11.7 Å². The summed E-state index contributed by atoms with van der Waals surface area (Å²) in [6.07, 6.45) is 1.44. The molecule has 0 aliphatic carbocycles. The van der Waals surface area contributed by atoms with Crippen LogP contribution < -0.4 is 11.5 Å². The minimum atomic E-state index is -0.789. The van der Waals surface area contributed by atoms with Gasteiger partial charge in [0.25, 0.3) is 5.91 Å². The highest BCUT2D eigenvalue weighted by Crippen LogP contribution is 2.38. The lowest BCUT2D eigenvalue weighted by atomic mass is 9.98. The minimum absolute atomic E-state index is 0.000442. The number of carbonyl (C=O) groups is 1. The maximum absolute atomic E-state index is 11.8. The van der Waals surface area contributed by atoms with Gasteiger partial charge in [-0.25, -0.2) is 4.98 Å². The van der Waals surface area contributed by atoms with Crippen molar-refractivity contribution < 1.29 is 15.0 Å². The van der Waals surface area contributed by atoms with E-state index in [1.807, 2.05) is 13.8 Å². The van der Waals surface area contributed by atoms with Gasteiger partial charge in [0.1, 0.15) is 17.3 Å². The van der Waals surface area contributed by atoms with Crippen LogP contribution in [0.15, 0.2) is 30.5 Å². The normalized spacial score (nSPS) is 11.0. The number of aromatic hydroxyl groups is 2. The van der Waals surface area contributed by atoms with Gasteiger partial charge in [0, 0.05) is 6.07 Å². The summed E-state index contributed by atoms with van der Waals surface area (Å²) in [6.45, 7) is 3.80. The van der Waals surface area contributed by atoms with Crippen LogP contribution in [0.1, 0.15) is 35.9 Å². The van der Waals surface area contributed by atoms with E-state index < -0.39 is 5.91 Å². The molecule has 2 heterocycles. The average Bonchev–Trinajstić information content (AvgIpc) is 3.00. The van der Waals surface area contributed by atoms with Gasteiger partial charge in [0.2, 0.25) is 5.82 Å². The van der Waals surface area contributed by atoms with Crippen molar-refractivity contribution in [1.82, 2.24) is 19.7 Å². The van der Waals surface area contributed by atoms with Crippen molar-refractivity contribution in [3.63, 3.8) is 0 Å². The highest BCUT2D eigenvalue weighted by atomic mass is 16.3. The van der Waals surface area contributed by atoms with E-state index in [0.29, 0.717) is 22.6 Å². The molecule has 0 bridgehead atoms. The van der Waals surface area contributed by atoms with E-state index in [9.17, 15) is 15.0 Å². The third-order valence-electron chi connectivity index (χ3n) is 3.92. The van der Waals surface area contributed by atoms with Crippen molar-refractivity contribution in [2.24, 2.45) is 5.73 Å². The molecule has 0 fully saturated rings. The van der Waals surface area contributed by atoms with Crippen molar-refractivity contribution in [1.29, 1.82) is 0 Å². The summed E-state index contributed by atoms with van der Waals surface area (Å²) in [4.78, 5) is 15.8. The van der Waals surface area contributed by atoms with E-state index in [-0.39, 0.29) is 29.1 Å². The Balaban J connectivity index is 2.29. The summed E-state index contributed by atoms with van der Waals surface area (Å²) in [5.74, 6) is -0.660. The van der Waals surface area contributed by atoms with Crippen LogP contribution in [0.3, 0.4) is 0 Å². The number of phenolic OH excluding ortho intramolecular Hbond substituents is 2. The standard InChI is InChI=1S/C17H18N6O3/c1-8(2)10-5-11(13(25)6-12(10)24)16-21-22-17(15(19)26)23(16)9-3-4-14(18)20-7-9/h3-8,24-25H,1-2H3,(H2,18,20)(H2,19,26). The Labute approximate surface area is 148 Å². The SMILES string of the molecule is CC(C)c1cc(-c2nnc(C(N)=O)n2-c2ccc(N)nc2)c(O)cc1O. The van der Waals surface area contributed by atoms with Gasteiger partial charge in [0.05, 0.1) is 17.4 Å². The predicted octanol–water partition coefficient (Wildman–Crippen LogP) is 1.54. The zero-order valence-electron chi connectivity index (χ0n) is 14.2. The molecule has 3 rings (SSSR count). The Bertz CT molecular complexity index is 979. The maximum atomic E-state index is 11.8. The Morgan fingerprint density at radius 3 is 2.46 bits per heavy atom. The number of benzene rings is 1. The van der Waals surface area contributed by atoms with Gasteiger partial charge in [-0.2, -0.15) is 0 Å². The second-order valence-corrected chi connectivity index (χ2v) is 6.07. The molecule has 0 aliphatic rings. The van der Waals surface area contributed by atoms with Gasteiger partial charge in [-0.3, -0.25) is 9.36 Å². The van der Waals surface area contributed by atoms with Crippen LogP contribution in [0.5, 0.6) is 11.5 Å². The molecule has 0 spiro atoms. The average molecular weight is 354 g/mol. The second-order valence-electron chi connectivity index (χ2n) is 6.07. The first-order valence-corrected chi connectivity index (χ1v) is 7.83. The van der Waals surface area contributed by atoms with Crippen LogP contribution >= 0.6 is 0 Å². The number of rotatable bonds is 4. The quantitative estimate of drug-likeness (QED) is 0.554. The number of carbonyl (C=O) groups excluding carboxylic acids is 1. The molecule has 9 heteroatoms. The van der Waals surface area contributed by atoms with Crippen molar-refractivity contribution in [3.8, 4) is 28.6 Å². The Morgan fingerprint density at radius 1 is 1.15 bits per heavy atom. The number of pyridine rings is 1. The molecule has 134 valence electrons. The molecule has 0 atom stereocenters. The number of nitrogen functional groups attached to an aromatic ring is 1. The van der Waals surface area contributed by atoms with Gasteiger partial charge >= 0.3 is 0 Å². The van der Waals surface area contributed by atoms with Crippen molar-refractivity contribution in [2.45, 2.75) is 19.8 Å². The van der Waals surface area contributed by atoms with E-state index in [0.717, 1.165) is 0 Å². The van der Waals surface area contributed by atoms with E-state index in [2.05, 4.69) is 15.2 Å². The molecule has 2 aromatic heterocycles. The fourth-order valence-electron chi connectivity index (χ4n) is 2.63. The molecule has 1 aromatic carbocycles. The van der Waals surface area contributed by atoms with E-state index in [4.69, 9.17) is 11.5 Å². The van der Waals surface area contributed by atoms with E-state index >= 15 is 0 Å². The van der Waals surface area contributed by atoms with Crippen molar-refractivity contribution in [3.05, 3.63) is 41.9 Å². The number of nitrogens with zero attached hydrogens (tertiary/aromatic N) is 4. The van der Waals surface area contributed by atoms with Crippen LogP contribution in [0.25, 0.3) is 17.1 Å². The van der Waals surface area contributed by atoms with Gasteiger partial charge in [0.15, 0.2) is 5.82 Å². The summed E-state index contributed by atoms with van der Waals surface area (Å²) >= 11 is 0. The van der Waals surface area contributed by atoms with Crippen LogP contribution in [-0.2, 0) is 0 Å². The largest absolute Gasteiger partial charge is 0.508 e. The number of amides is 1. The Kier molecular flexibility index (Phi) is 4.21. The fourth-order valence-corrected chi connectivity index (χ4v) is 2.63. The summed E-state index contributed by atoms with van der Waals surface area (Å²) in [7, 11) is 0. The van der Waals surface area contributed by atoms with Gasteiger partial charge < -0.3 is 21.7 Å². The zero-order valence-corrected chi connectivity index (χ0v) is 14.2. The lowest BCUT2D eigenvalue weighted by Gasteiger charge is -2.14. The van der Waals surface area contributed by atoms with Crippen LogP contribution in [-0.4, -0.2) is 35.9 Å². The van der Waals surface area contributed by atoms with Gasteiger partial charge in [-0.1, -0.05) is 13.8 Å². The third-order valence-corrected chi connectivity index (χ3v) is 3.92. The highest BCUT2D eigenvalue weighted by molar-refractivity contribution is 5.90. The first-order chi connectivity index (χ1) is 12.3. The lowest BCUT2D eigenvalue weighted by Crippen LogP contribution is -2.18. The molecule has 0 saturated carbocycles. The molecule has 0 saturated heterocycles. The summed E-state index contributed by atoms with van der Waals surface area (Å²) in [5.41, 5.74) is 12.4. The van der Waals surface area contributed by atoms with Crippen molar-refractivity contribution in [2.75, 3.05) is 5.73 Å². The molecule has 0 unspecified atom stereocenters. The fraction of sp³-hybridized carbons (Fsp3) is 0.176. The van der Waals surface area contributed by atoms with Crippen LogP contribution in [0, 0.1) is 0 Å². The molecule has 0 radical (unpaired) electrons. The molecular weight excluding hydrogens is 336 g/mol. The molecule has 26 heavy (non-hydrogen) atoms.